The third-order valence-corrected chi connectivity index (χ3v) is 17.4. The van der Waals surface area contributed by atoms with Crippen LogP contribution in [0, 0.1) is 50.2 Å². The number of allylic oxidation sites excluding steroid dienone is 2. The molecule has 6 rings (SSSR count). The van der Waals surface area contributed by atoms with Crippen LogP contribution in [0.25, 0.3) is 0 Å². The van der Waals surface area contributed by atoms with Gasteiger partial charge in [-0.15, -0.1) is 11.8 Å². The van der Waals surface area contributed by atoms with Gasteiger partial charge in [-0.05, 0) is 110 Å². The first-order valence-corrected chi connectivity index (χ1v) is 20.3. The number of hydrogen-bond acceptors (Lipinski definition) is 9. The maximum Gasteiger partial charge on any atom is 0.335 e. The summed E-state index contributed by atoms with van der Waals surface area (Å²) < 4.78 is 5.46. The van der Waals surface area contributed by atoms with E-state index in [1.165, 1.54) is 5.57 Å². The Morgan fingerprint density at radius 2 is 1.54 bits per heavy atom. The fourth-order valence-electron chi connectivity index (χ4n) is 12.9. The van der Waals surface area contributed by atoms with Crippen LogP contribution in [0.15, 0.2) is 11.6 Å². The van der Waals surface area contributed by atoms with Crippen molar-refractivity contribution in [1.29, 1.82) is 0 Å². The van der Waals surface area contributed by atoms with E-state index < -0.39 is 47.2 Å². The van der Waals surface area contributed by atoms with E-state index in [9.17, 15) is 44.7 Å². The van der Waals surface area contributed by atoms with Gasteiger partial charge < -0.3 is 35.2 Å². The van der Waals surface area contributed by atoms with Crippen molar-refractivity contribution in [3.05, 3.63) is 11.6 Å². The molecule has 1 saturated heterocycles. The van der Waals surface area contributed by atoms with Crippen LogP contribution in [0.3, 0.4) is 0 Å². The second-order valence-electron chi connectivity index (χ2n) is 19.3. The predicted molar refractivity (Wildman–Crippen MR) is 195 cm³/mol. The zero-order valence-electron chi connectivity index (χ0n) is 32.2. The normalized spacial score (nSPS) is 48.2. The number of carboxylic acids is 2. The summed E-state index contributed by atoms with van der Waals surface area (Å²) in [6.07, 6.45) is 2.74. The molecule has 0 aromatic rings. The van der Waals surface area contributed by atoms with Crippen molar-refractivity contribution >= 4 is 35.4 Å². The summed E-state index contributed by atoms with van der Waals surface area (Å²) in [6.45, 7) is 17.5. The SMILES string of the molecule is CC(=O)N(CCS[C@@H]1O[C@H](C(=O)O)[C@@H](O)[C@H](O)[C@H]1O)[C@H]1CC[C@@]2(C)C(CC[C@]3(C)[C@@H]2C(=O)C=C2[C@@H]4C[C@@](C)(C(=O)O)CC[C@]4(C)CC[C@]23C)C1(C)C. The largest absolute Gasteiger partial charge is 0.481 e. The Morgan fingerprint density at radius 3 is 2.15 bits per heavy atom. The first-order chi connectivity index (χ1) is 24.0. The zero-order chi connectivity index (χ0) is 38.6. The third kappa shape index (κ3) is 5.74. The molecule has 0 radical (unpaired) electrons. The molecule has 5 fully saturated rings. The first-order valence-electron chi connectivity index (χ1n) is 19.3. The fourth-order valence-corrected chi connectivity index (χ4v) is 14.0. The number of aliphatic hydroxyl groups excluding tert-OH is 3. The molecule has 0 bridgehead atoms. The molecule has 0 spiro atoms. The highest BCUT2D eigenvalue weighted by molar-refractivity contribution is 7.99. The Hall–Kier alpha value is -1.99. The van der Waals surface area contributed by atoms with E-state index in [0.29, 0.717) is 31.6 Å². The molecule has 14 atom stereocenters. The van der Waals surface area contributed by atoms with Gasteiger partial charge in [0.15, 0.2) is 11.9 Å². The van der Waals surface area contributed by atoms with Gasteiger partial charge in [-0.2, -0.15) is 0 Å². The summed E-state index contributed by atoms with van der Waals surface area (Å²) in [5, 5.41) is 50.5. The van der Waals surface area contributed by atoms with Crippen molar-refractivity contribution in [2.24, 2.45) is 50.2 Å². The number of aliphatic carboxylic acids is 2. The van der Waals surface area contributed by atoms with Gasteiger partial charge in [-0.3, -0.25) is 14.4 Å². The van der Waals surface area contributed by atoms with Crippen LogP contribution in [0.1, 0.15) is 113 Å². The molecule has 1 unspecified atom stereocenters. The molecule has 6 aliphatic rings. The number of aliphatic hydroxyl groups is 3. The lowest BCUT2D eigenvalue weighted by Crippen LogP contribution is -2.68. The number of carbonyl (C=O) groups is 4. The third-order valence-electron chi connectivity index (χ3n) is 16.3. The number of hydrogen-bond donors (Lipinski definition) is 5. The number of ether oxygens (including phenoxy) is 1. The van der Waals surface area contributed by atoms with Gasteiger partial charge >= 0.3 is 11.9 Å². The van der Waals surface area contributed by atoms with E-state index >= 15 is 0 Å². The summed E-state index contributed by atoms with van der Waals surface area (Å²) in [5.74, 6) is -1.75. The lowest BCUT2D eigenvalue weighted by Gasteiger charge is -2.71. The summed E-state index contributed by atoms with van der Waals surface area (Å²) in [7, 11) is 0. The summed E-state index contributed by atoms with van der Waals surface area (Å²) in [6, 6.07) is -0.115. The molecule has 52 heavy (non-hydrogen) atoms. The number of rotatable bonds is 7. The Labute approximate surface area is 312 Å². The number of carboxylic acid groups (broad SMARTS) is 2. The maximum atomic E-state index is 14.8. The number of nitrogens with zero attached hydrogens (tertiary/aromatic N) is 1. The lowest BCUT2D eigenvalue weighted by molar-refractivity contribution is -0.209. The number of amides is 1. The monoisotopic (exact) mass is 747 g/mol. The fraction of sp³-hybridized carbons (Fsp3) is 0.850. The van der Waals surface area contributed by atoms with Gasteiger partial charge in [0, 0.05) is 31.2 Å². The standard InChI is InChI=1S/C40H61NO10S/c1-21(42)41(17-18-52-33-29(46)27(44)28(45)30(51-33)32(47)48)26-10-11-38(6)25(35(26,2)3)9-12-40(8)31(38)24(43)19-22-23-20-37(5,34(49)50)14-13-36(23,4)15-16-39(22,40)7/h19,23,25-31,33,44-46H,9-18,20H2,1-8H3,(H,47,48)(H,49,50)/t23-,25?,26-,27-,28-,29+,30-,31+,33-,36+,37-,38-,39+,40+/m0/s1. The van der Waals surface area contributed by atoms with Gasteiger partial charge in [0.05, 0.1) is 5.41 Å². The zero-order valence-corrected chi connectivity index (χ0v) is 33.0. The van der Waals surface area contributed by atoms with Crippen LogP contribution in [0.4, 0.5) is 0 Å². The quantitative estimate of drug-likeness (QED) is 0.239. The minimum absolute atomic E-state index is 0.0143. The van der Waals surface area contributed by atoms with Crippen LogP contribution in [-0.2, 0) is 23.9 Å². The van der Waals surface area contributed by atoms with Crippen LogP contribution in [0.2, 0.25) is 0 Å². The van der Waals surface area contributed by atoms with Gasteiger partial charge in [0.1, 0.15) is 23.7 Å². The summed E-state index contributed by atoms with van der Waals surface area (Å²) >= 11 is 1.11. The van der Waals surface area contributed by atoms with E-state index in [2.05, 4.69) is 41.5 Å². The minimum atomic E-state index is -1.76. The Kier molecular flexibility index (Phi) is 9.97. The smallest absolute Gasteiger partial charge is 0.335 e. The van der Waals surface area contributed by atoms with Crippen molar-refractivity contribution in [2.45, 2.75) is 149 Å². The molecular formula is C40H61NO10S. The van der Waals surface area contributed by atoms with Gasteiger partial charge in [0.25, 0.3) is 0 Å². The van der Waals surface area contributed by atoms with Crippen molar-refractivity contribution < 1.29 is 49.4 Å². The van der Waals surface area contributed by atoms with Crippen molar-refractivity contribution in [3.8, 4) is 0 Å². The molecule has 4 saturated carbocycles. The number of fused-ring (bicyclic) bond motifs is 7. The van der Waals surface area contributed by atoms with E-state index in [-0.39, 0.29) is 62.6 Å². The number of thioether (sulfide) groups is 1. The Morgan fingerprint density at radius 1 is 0.885 bits per heavy atom. The van der Waals surface area contributed by atoms with E-state index in [0.717, 1.165) is 50.3 Å². The molecule has 0 aromatic carbocycles. The number of carbonyl (C=O) groups excluding carboxylic acids is 2. The molecule has 292 valence electrons. The highest BCUT2D eigenvalue weighted by Crippen LogP contribution is 2.75. The molecule has 0 aromatic heterocycles. The van der Waals surface area contributed by atoms with Crippen LogP contribution in [-0.4, -0.2) is 102 Å². The second kappa shape index (κ2) is 13.1. The van der Waals surface area contributed by atoms with Gasteiger partial charge in [-0.25, -0.2) is 4.79 Å². The van der Waals surface area contributed by atoms with Gasteiger partial charge in [0.2, 0.25) is 5.91 Å². The molecular weight excluding hydrogens is 687 g/mol. The molecule has 5 N–H and O–H groups in total. The Balaban J connectivity index is 1.24. The molecule has 11 nitrogen and oxygen atoms in total. The summed E-state index contributed by atoms with van der Waals surface area (Å²) in [4.78, 5) is 54.0. The van der Waals surface area contributed by atoms with Crippen molar-refractivity contribution in [2.75, 3.05) is 12.3 Å². The molecule has 1 aliphatic heterocycles. The minimum Gasteiger partial charge on any atom is -0.481 e. The van der Waals surface area contributed by atoms with Crippen LogP contribution in [0.5, 0.6) is 0 Å². The van der Waals surface area contributed by atoms with E-state index in [1.807, 2.05) is 17.9 Å². The van der Waals surface area contributed by atoms with Gasteiger partial charge in [-0.1, -0.05) is 47.1 Å². The van der Waals surface area contributed by atoms with E-state index in [4.69, 9.17) is 4.74 Å². The van der Waals surface area contributed by atoms with Crippen molar-refractivity contribution in [1.82, 2.24) is 4.90 Å². The van der Waals surface area contributed by atoms with Crippen LogP contribution >= 0.6 is 11.8 Å². The number of ketones is 1. The first kappa shape index (κ1) is 39.7. The molecule has 1 heterocycles. The topological polar surface area (TPSA) is 182 Å². The predicted octanol–water partition coefficient (Wildman–Crippen LogP) is 4.89. The second-order valence-corrected chi connectivity index (χ2v) is 20.5. The molecule has 12 heteroatoms. The summed E-state index contributed by atoms with van der Waals surface area (Å²) in [5.41, 5.74) is -1.88. The average molecular weight is 748 g/mol. The molecule has 1 amide bonds. The average Bonchev–Trinajstić information content (AvgIpc) is 3.04. The molecule has 5 aliphatic carbocycles. The van der Waals surface area contributed by atoms with Crippen LogP contribution < -0.4 is 0 Å². The Bertz CT molecular complexity index is 1530. The lowest BCUT2D eigenvalue weighted by atomic mass is 9.33. The highest BCUT2D eigenvalue weighted by atomic mass is 32.2. The van der Waals surface area contributed by atoms with E-state index in [1.54, 1.807) is 6.92 Å². The highest BCUT2D eigenvalue weighted by Gasteiger charge is 2.70. The van der Waals surface area contributed by atoms with Crippen molar-refractivity contribution in [3.63, 3.8) is 0 Å². The maximum absolute atomic E-state index is 14.8.